The summed E-state index contributed by atoms with van der Waals surface area (Å²) < 4.78 is 2.02. The molecule has 2 saturated heterocycles. The second-order valence-corrected chi connectivity index (χ2v) is 4.76. The lowest BCUT2D eigenvalue weighted by Gasteiger charge is -2.17. The van der Waals surface area contributed by atoms with E-state index in [9.17, 15) is 0 Å². The highest BCUT2D eigenvalue weighted by Gasteiger charge is 2.41. The summed E-state index contributed by atoms with van der Waals surface area (Å²) in [5.74, 6) is 1.58. The van der Waals surface area contributed by atoms with Crippen LogP contribution in [-0.4, -0.2) is 31.7 Å². The molecule has 2 aromatic heterocycles. The van der Waals surface area contributed by atoms with Crippen LogP contribution in [0.1, 0.15) is 31.0 Å². The first kappa shape index (κ1) is 8.64. The van der Waals surface area contributed by atoms with Crippen molar-refractivity contribution in [2.75, 3.05) is 0 Å². The molecule has 0 amide bonds. The predicted molar refractivity (Wildman–Crippen MR) is 58.1 cm³/mol. The fraction of sp³-hybridized carbons (Fsp3) is 0.545. The van der Waals surface area contributed by atoms with Crippen LogP contribution in [0.3, 0.4) is 0 Å². The first-order valence-electron chi connectivity index (χ1n) is 5.82. The highest BCUT2D eigenvalue weighted by molar-refractivity contribution is 5.36. The molecule has 2 bridgehead atoms. The van der Waals surface area contributed by atoms with Crippen molar-refractivity contribution in [3.05, 3.63) is 24.4 Å². The van der Waals surface area contributed by atoms with Crippen LogP contribution in [0.15, 0.2) is 18.6 Å². The molecule has 2 aliphatic heterocycles. The summed E-state index contributed by atoms with van der Waals surface area (Å²) in [6.07, 6.45) is 7.35. The molecule has 2 aromatic rings. The third kappa shape index (κ3) is 1.06. The molecule has 0 aliphatic carbocycles. The summed E-state index contributed by atoms with van der Waals surface area (Å²) in [6, 6.07) is 3.19. The van der Waals surface area contributed by atoms with Crippen molar-refractivity contribution in [1.29, 1.82) is 0 Å². The predicted octanol–water partition coefficient (Wildman–Crippen LogP) is 0.732. The van der Waals surface area contributed by atoms with Gasteiger partial charge in [0.1, 0.15) is 12.2 Å². The van der Waals surface area contributed by atoms with Crippen LogP contribution in [0, 0.1) is 0 Å². The van der Waals surface area contributed by atoms with Crippen molar-refractivity contribution >= 4 is 5.65 Å². The maximum Gasteiger partial charge on any atom is 0.163 e. The molecule has 0 radical (unpaired) electrons. The van der Waals surface area contributed by atoms with Gasteiger partial charge in [0.25, 0.3) is 0 Å². The summed E-state index contributed by atoms with van der Waals surface area (Å²) in [5, 5.41) is 12.2. The Morgan fingerprint density at radius 1 is 1.31 bits per heavy atom. The molecular weight excluding hydrogens is 202 g/mol. The van der Waals surface area contributed by atoms with E-state index in [0.29, 0.717) is 18.0 Å². The first-order chi connectivity index (χ1) is 7.92. The lowest BCUT2D eigenvalue weighted by Crippen LogP contribution is -2.22. The SMILES string of the molecule is c1cc2nnc(C3CC4CCC3N4)n2cn1. The van der Waals surface area contributed by atoms with Gasteiger partial charge in [-0.25, -0.2) is 4.98 Å². The minimum Gasteiger partial charge on any atom is -0.310 e. The Morgan fingerprint density at radius 3 is 3.12 bits per heavy atom. The van der Waals surface area contributed by atoms with E-state index in [1.165, 1.54) is 19.3 Å². The third-order valence-corrected chi connectivity index (χ3v) is 3.87. The highest BCUT2D eigenvalue weighted by atomic mass is 15.3. The van der Waals surface area contributed by atoms with Gasteiger partial charge in [-0.05, 0) is 19.3 Å². The molecule has 2 aliphatic rings. The van der Waals surface area contributed by atoms with Gasteiger partial charge in [0.05, 0.1) is 0 Å². The van der Waals surface area contributed by atoms with Gasteiger partial charge in [-0.3, -0.25) is 4.40 Å². The normalized spacial score (nSPS) is 32.6. The first-order valence-corrected chi connectivity index (χ1v) is 5.82. The van der Waals surface area contributed by atoms with Gasteiger partial charge < -0.3 is 5.32 Å². The van der Waals surface area contributed by atoms with Crippen molar-refractivity contribution in [2.24, 2.45) is 0 Å². The van der Waals surface area contributed by atoms with E-state index >= 15 is 0 Å². The minimum atomic E-state index is 0.512. The Labute approximate surface area is 92.9 Å². The van der Waals surface area contributed by atoms with Crippen LogP contribution in [-0.2, 0) is 0 Å². The van der Waals surface area contributed by atoms with Gasteiger partial charge in [0.2, 0.25) is 0 Å². The molecule has 1 N–H and O–H groups in total. The van der Waals surface area contributed by atoms with E-state index in [1.54, 1.807) is 6.20 Å². The van der Waals surface area contributed by atoms with Gasteiger partial charge in [0.15, 0.2) is 5.65 Å². The Kier molecular flexibility index (Phi) is 1.62. The van der Waals surface area contributed by atoms with Crippen molar-refractivity contribution in [2.45, 2.75) is 37.3 Å². The highest BCUT2D eigenvalue weighted by Crippen LogP contribution is 2.38. The topological polar surface area (TPSA) is 55.1 Å². The van der Waals surface area contributed by atoms with Crippen LogP contribution < -0.4 is 5.32 Å². The maximum atomic E-state index is 4.33. The second-order valence-electron chi connectivity index (χ2n) is 4.76. The zero-order valence-corrected chi connectivity index (χ0v) is 8.87. The van der Waals surface area contributed by atoms with Gasteiger partial charge in [-0.2, -0.15) is 0 Å². The van der Waals surface area contributed by atoms with E-state index in [2.05, 4.69) is 20.5 Å². The number of rotatable bonds is 1. The summed E-state index contributed by atoms with van der Waals surface area (Å²) in [7, 11) is 0. The van der Waals surface area contributed by atoms with Crippen LogP contribution in [0.2, 0.25) is 0 Å². The number of nitrogens with zero attached hydrogens (tertiary/aromatic N) is 4. The molecule has 3 unspecified atom stereocenters. The van der Waals surface area contributed by atoms with E-state index < -0.39 is 0 Å². The Morgan fingerprint density at radius 2 is 2.31 bits per heavy atom. The lowest BCUT2D eigenvalue weighted by atomic mass is 9.88. The van der Waals surface area contributed by atoms with E-state index in [-0.39, 0.29) is 0 Å². The number of aromatic nitrogens is 4. The van der Waals surface area contributed by atoms with Crippen molar-refractivity contribution in [3.63, 3.8) is 0 Å². The van der Waals surface area contributed by atoms with Gasteiger partial charge in [-0.1, -0.05) is 0 Å². The molecular formula is C11H13N5. The fourth-order valence-corrected chi connectivity index (χ4v) is 3.13. The quantitative estimate of drug-likeness (QED) is 0.762. The van der Waals surface area contributed by atoms with E-state index in [0.717, 1.165) is 11.5 Å². The average molecular weight is 215 g/mol. The van der Waals surface area contributed by atoms with Crippen molar-refractivity contribution in [1.82, 2.24) is 24.9 Å². The molecule has 0 aromatic carbocycles. The standard InChI is InChI=1S/C11H13N5/c1-2-9-8(5-7(1)13-9)11-15-14-10-3-4-12-6-16(10)11/h3-4,6-9,13H,1-2,5H2. The van der Waals surface area contributed by atoms with Crippen molar-refractivity contribution in [3.8, 4) is 0 Å². The van der Waals surface area contributed by atoms with Crippen LogP contribution in [0.4, 0.5) is 0 Å². The smallest absolute Gasteiger partial charge is 0.163 e. The molecule has 82 valence electrons. The Hall–Kier alpha value is -1.49. The molecule has 0 saturated carbocycles. The third-order valence-electron chi connectivity index (χ3n) is 3.87. The summed E-state index contributed by atoms with van der Waals surface area (Å²) >= 11 is 0. The summed E-state index contributed by atoms with van der Waals surface area (Å²) in [4.78, 5) is 4.14. The molecule has 4 rings (SSSR count). The Bertz CT molecular complexity index is 534. The molecule has 0 spiro atoms. The molecule has 16 heavy (non-hydrogen) atoms. The molecule has 2 fully saturated rings. The number of hydrogen-bond donors (Lipinski definition) is 1. The van der Waals surface area contributed by atoms with Crippen LogP contribution in [0.25, 0.3) is 5.65 Å². The largest absolute Gasteiger partial charge is 0.310 e. The van der Waals surface area contributed by atoms with Gasteiger partial charge in [-0.15, -0.1) is 10.2 Å². The van der Waals surface area contributed by atoms with E-state index in [1.807, 2.05) is 16.8 Å². The number of nitrogens with one attached hydrogen (secondary N) is 1. The number of fused-ring (bicyclic) bond motifs is 3. The zero-order valence-electron chi connectivity index (χ0n) is 8.87. The van der Waals surface area contributed by atoms with Gasteiger partial charge in [0, 0.05) is 30.3 Å². The molecule has 5 nitrogen and oxygen atoms in total. The van der Waals surface area contributed by atoms with Crippen LogP contribution in [0.5, 0.6) is 0 Å². The lowest BCUT2D eigenvalue weighted by molar-refractivity contribution is 0.483. The second kappa shape index (κ2) is 3.01. The average Bonchev–Trinajstić information content (AvgIpc) is 3.03. The molecule has 4 heterocycles. The van der Waals surface area contributed by atoms with Crippen molar-refractivity contribution < 1.29 is 0 Å². The molecule has 5 heteroatoms. The summed E-state index contributed by atoms with van der Waals surface area (Å²) in [6.45, 7) is 0. The Balaban J connectivity index is 1.82. The van der Waals surface area contributed by atoms with E-state index in [4.69, 9.17) is 0 Å². The summed E-state index contributed by atoms with van der Waals surface area (Å²) in [5.41, 5.74) is 0.896. The maximum absolute atomic E-state index is 4.33. The van der Waals surface area contributed by atoms with Crippen LogP contribution >= 0.6 is 0 Å². The minimum absolute atomic E-state index is 0.512. The zero-order chi connectivity index (χ0) is 10.5. The van der Waals surface area contributed by atoms with Gasteiger partial charge >= 0.3 is 0 Å². The molecule has 3 atom stereocenters. The monoisotopic (exact) mass is 215 g/mol. The fourth-order valence-electron chi connectivity index (χ4n) is 3.13. The number of hydrogen-bond acceptors (Lipinski definition) is 4.